The first kappa shape index (κ1) is 15.8. The van der Waals surface area contributed by atoms with Crippen LogP contribution in [0.15, 0.2) is 49.1 Å². The van der Waals surface area contributed by atoms with E-state index < -0.39 is 11.4 Å². The van der Waals surface area contributed by atoms with Crippen LogP contribution in [-0.2, 0) is 10.2 Å². The molecule has 0 bridgehead atoms. The third-order valence-electron chi connectivity index (χ3n) is 5.16. The van der Waals surface area contributed by atoms with Gasteiger partial charge in [-0.2, -0.15) is 0 Å². The molecule has 1 fully saturated rings. The number of carbonyl (C=O) groups is 1. The van der Waals surface area contributed by atoms with Gasteiger partial charge >= 0.3 is 5.97 Å². The predicted octanol–water partition coefficient (Wildman–Crippen LogP) is 2.50. The molecule has 0 radical (unpaired) electrons. The van der Waals surface area contributed by atoms with Gasteiger partial charge in [-0.05, 0) is 43.2 Å². The zero-order valence-corrected chi connectivity index (χ0v) is 13.8. The Bertz CT molecular complexity index is 936. The fraction of sp³-hybridized carbons (Fsp3) is 0.316. The highest BCUT2D eigenvalue weighted by Crippen LogP contribution is 2.56. The molecule has 1 aliphatic rings. The topological polar surface area (TPSA) is 94.0 Å². The first-order valence-electron chi connectivity index (χ1n) is 8.48. The van der Waals surface area contributed by atoms with Crippen LogP contribution >= 0.6 is 0 Å². The lowest BCUT2D eigenvalue weighted by atomic mass is 9.98. The number of imidazole rings is 1. The lowest BCUT2D eigenvalue weighted by molar-refractivity contribution is -0.140. The summed E-state index contributed by atoms with van der Waals surface area (Å²) in [7, 11) is 0. The summed E-state index contributed by atoms with van der Waals surface area (Å²) in [5.41, 5.74) is 5.30. The second-order valence-corrected chi connectivity index (χ2v) is 6.66. The van der Waals surface area contributed by atoms with Gasteiger partial charge in [0.05, 0.1) is 5.69 Å². The molecule has 0 spiro atoms. The van der Waals surface area contributed by atoms with Gasteiger partial charge in [0.2, 0.25) is 0 Å². The van der Waals surface area contributed by atoms with Crippen LogP contribution in [0.3, 0.4) is 0 Å². The van der Waals surface area contributed by atoms with Crippen LogP contribution < -0.4 is 5.73 Å². The molecule has 4 rings (SSSR count). The molecule has 3 N–H and O–H groups in total. The Morgan fingerprint density at radius 1 is 1.32 bits per heavy atom. The number of aliphatic carboxylic acids is 1. The van der Waals surface area contributed by atoms with E-state index in [0.29, 0.717) is 18.7 Å². The van der Waals surface area contributed by atoms with Crippen LogP contribution in [0, 0.1) is 5.92 Å². The average Bonchev–Trinajstić information content (AvgIpc) is 3.16. The quantitative estimate of drug-likeness (QED) is 0.721. The number of hydrogen-bond donors (Lipinski definition) is 2. The third-order valence-corrected chi connectivity index (χ3v) is 5.16. The molecule has 6 heteroatoms. The molecule has 2 aromatic heterocycles. The van der Waals surface area contributed by atoms with Gasteiger partial charge in [0, 0.05) is 17.8 Å². The third kappa shape index (κ3) is 2.59. The van der Waals surface area contributed by atoms with Gasteiger partial charge in [0.15, 0.2) is 0 Å². The summed E-state index contributed by atoms with van der Waals surface area (Å²) < 4.78 is 1.80. The molecule has 0 amide bonds. The minimum Gasteiger partial charge on any atom is -0.481 e. The largest absolute Gasteiger partial charge is 0.481 e. The van der Waals surface area contributed by atoms with Crippen LogP contribution in [-0.4, -0.2) is 32.2 Å². The van der Waals surface area contributed by atoms with Gasteiger partial charge in [0.25, 0.3) is 0 Å². The average molecular weight is 336 g/mol. The summed E-state index contributed by atoms with van der Waals surface area (Å²) in [5.74, 6) is 0.0462. The maximum absolute atomic E-state index is 11.9. The van der Waals surface area contributed by atoms with E-state index in [4.69, 9.17) is 5.73 Å². The van der Waals surface area contributed by atoms with Crippen molar-refractivity contribution in [2.45, 2.75) is 24.7 Å². The van der Waals surface area contributed by atoms with Crippen molar-refractivity contribution in [1.29, 1.82) is 0 Å². The highest BCUT2D eigenvalue weighted by atomic mass is 16.4. The Morgan fingerprint density at radius 2 is 2.12 bits per heavy atom. The van der Waals surface area contributed by atoms with Crippen LogP contribution in [0.2, 0.25) is 0 Å². The summed E-state index contributed by atoms with van der Waals surface area (Å²) in [5, 5.41) is 11.9. The van der Waals surface area contributed by atoms with Crippen molar-refractivity contribution < 1.29 is 9.90 Å². The first-order chi connectivity index (χ1) is 12.1. The highest BCUT2D eigenvalue weighted by Gasteiger charge is 2.62. The maximum atomic E-state index is 11.9. The standard InChI is InChI=1S/C19H20N4O2/c20-7-3-6-15-9-19(15,18(24)25)16-11-23(12-22-16)17-8-13-4-1-2-5-14(13)10-21-17/h1-2,4-5,8,10-12,15H,3,6-7,9,20H2,(H,24,25)/t15-,19+/m0/s1. The number of carboxylic acid groups (broad SMARTS) is 1. The maximum Gasteiger partial charge on any atom is 0.316 e. The van der Waals surface area contributed by atoms with E-state index >= 15 is 0 Å². The van der Waals surface area contributed by atoms with Crippen molar-refractivity contribution in [2.75, 3.05) is 6.54 Å². The summed E-state index contributed by atoms with van der Waals surface area (Å²) in [6.45, 7) is 0.585. The van der Waals surface area contributed by atoms with Gasteiger partial charge in [-0.3, -0.25) is 9.36 Å². The summed E-state index contributed by atoms with van der Waals surface area (Å²) in [6, 6.07) is 9.98. The lowest BCUT2D eigenvalue weighted by Gasteiger charge is -2.09. The second kappa shape index (κ2) is 5.97. The van der Waals surface area contributed by atoms with Crippen LogP contribution in [0.1, 0.15) is 25.0 Å². The normalized spacial score (nSPS) is 22.2. The van der Waals surface area contributed by atoms with E-state index in [9.17, 15) is 9.90 Å². The molecule has 0 aliphatic heterocycles. The number of aromatic nitrogens is 3. The summed E-state index contributed by atoms with van der Waals surface area (Å²) >= 11 is 0. The molecule has 1 aliphatic carbocycles. The van der Waals surface area contributed by atoms with Crippen molar-refractivity contribution in [2.24, 2.45) is 11.7 Å². The van der Waals surface area contributed by atoms with Crippen LogP contribution in [0.5, 0.6) is 0 Å². The molecule has 2 heterocycles. The number of rotatable bonds is 6. The molecule has 0 unspecified atom stereocenters. The number of pyridine rings is 1. The minimum atomic E-state index is -0.864. The number of nitrogens with zero attached hydrogens (tertiary/aromatic N) is 3. The van der Waals surface area contributed by atoms with E-state index in [2.05, 4.69) is 9.97 Å². The molecule has 1 saturated carbocycles. The van der Waals surface area contributed by atoms with Gasteiger partial charge < -0.3 is 10.8 Å². The van der Waals surface area contributed by atoms with Gasteiger partial charge in [-0.1, -0.05) is 24.3 Å². The fourth-order valence-electron chi connectivity index (χ4n) is 3.62. The van der Waals surface area contributed by atoms with Crippen molar-refractivity contribution in [3.63, 3.8) is 0 Å². The van der Waals surface area contributed by atoms with Gasteiger partial charge in [-0.25, -0.2) is 9.97 Å². The Balaban J connectivity index is 1.66. The molecule has 25 heavy (non-hydrogen) atoms. The SMILES string of the molecule is NCCC[C@H]1C[C@]1(C(=O)O)c1cn(-c2cc3ccccc3cn2)cn1. The Kier molecular flexibility index (Phi) is 3.77. The van der Waals surface area contributed by atoms with Gasteiger partial charge in [-0.15, -0.1) is 0 Å². The van der Waals surface area contributed by atoms with Crippen molar-refractivity contribution >= 4 is 16.7 Å². The van der Waals surface area contributed by atoms with Crippen LogP contribution in [0.25, 0.3) is 16.6 Å². The van der Waals surface area contributed by atoms with E-state index in [1.165, 1.54) is 0 Å². The first-order valence-corrected chi connectivity index (χ1v) is 8.48. The number of benzene rings is 1. The van der Waals surface area contributed by atoms with E-state index in [0.717, 1.165) is 29.4 Å². The zero-order chi connectivity index (χ0) is 17.4. The van der Waals surface area contributed by atoms with Crippen molar-refractivity contribution in [3.05, 3.63) is 54.7 Å². The number of hydrogen-bond acceptors (Lipinski definition) is 4. The summed E-state index contributed by atoms with van der Waals surface area (Å²) in [6.07, 6.45) is 7.56. The lowest BCUT2D eigenvalue weighted by Crippen LogP contribution is -2.23. The Morgan fingerprint density at radius 3 is 2.88 bits per heavy atom. The number of carboxylic acids is 1. The van der Waals surface area contributed by atoms with E-state index in [1.807, 2.05) is 36.5 Å². The second-order valence-electron chi connectivity index (χ2n) is 6.66. The minimum absolute atomic E-state index is 0.112. The number of fused-ring (bicyclic) bond motifs is 1. The molecular formula is C19H20N4O2. The smallest absolute Gasteiger partial charge is 0.316 e. The van der Waals surface area contributed by atoms with E-state index in [-0.39, 0.29) is 5.92 Å². The molecule has 6 nitrogen and oxygen atoms in total. The van der Waals surface area contributed by atoms with E-state index in [1.54, 1.807) is 17.1 Å². The monoisotopic (exact) mass is 336 g/mol. The summed E-state index contributed by atoms with van der Waals surface area (Å²) in [4.78, 5) is 20.7. The Labute approximate surface area is 145 Å². The fourth-order valence-corrected chi connectivity index (χ4v) is 3.62. The molecule has 2 atom stereocenters. The molecule has 1 aromatic carbocycles. The molecular weight excluding hydrogens is 316 g/mol. The predicted molar refractivity (Wildman–Crippen MR) is 94.6 cm³/mol. The van der Waals surface area contributed by atoms with Crippen LogP contribution in [0.4, 0.5) is 0 Å². The number of nitrogens with two attached hydrogens (primary N) is 1. The van der Waals surface area contributed by atoms with Crippen molar-refractivity contribution in [3.8, 4) is 5.82 Å². The molecule has 0 saturated heterocycles. The molecule has 128 valence electrons. The zero-order valence-electron chi connectivity index (χ0n) is 13.8. The highest BCUT2D eigenvalue weighted by molar-refractivity contribution is 5.85. The van der Waals surface area contributed by atoms with Gasteiger partial charge in [0.1, 0.15) is 17.6 Å². The van der Waals surface area contributed by atoms with Crippen molar-refractivity contribution in [1.82, 2.24) is 14.5 Å². The molecule has 3 aromatic rings. The Hall–Kier alpha value is -2.73.